The first-order valence-electron chi connectivity index (χ1n) is 6.56. The molecule has 0 aliphatic heterocycles. The number of ketones is 1. The van der Waals surface area contributed by atoms with Crippen molar-refractivity contribution < 1.29 is 9.53 Å². The molecule has 0 heterocycles. The summed E-state index contributed by atoms with van der Waals surface area (Å²) in [5.74, 6) is 2.50. The molecular weight excluding hydrogens is 306 g/mol. The molecule has 0 aromatic heterocycles. The van der Waals surface area contributed by atoms with Gasteiger partial charge in [0.15, 0.2) is 5.78 Å². The van der Waals surface area contributed by atoms with E-state index in [4.69, 9.17) is 4.74 Å². The molecule has 0 amide bonds. The highest BCUT2D eigenvalue weighted by molar-refractivity contribution is 9.10. The molecule has 1 saturated carbocycles. The van der Waals surface area contributed by atoms with E-state index in [0.29, 0.717) is 6.54 Å². The highest BCUT2D eigenvalue weighted by atomic mass is 79.9. The van der Waals surface area contributed by atoms with E-state index in [0.717, 1.165) is 34.2 Å². The van der Waals surface area contributed by atoms with Gasteiger partial charge in [-0.15, -0.1) is 0 Å². The van der Waals surface area contributed by atoms with Crippen LogP contribution in [0.1, 0.15) is 23.7 Å². The van der Waals surface area contributed by atoms with Gasteiger partial charge >= 0.3 is 0 Å². The summed E-state index contributed by atoms with van der Waals surface area (Å²) in [6.45, 7) is 3.76. The normalized spacial score (nSPS) is 21.5. The van der Waals surface area contributed by atoms with Crippen LogP contribution in [0.4, 0.5) is 0 Å². The van der Waals surface area contributed by atoms with Gasteiger partial charge in [0.2, 0.25) is 0 Å². The Morgan fingerprint density at radius 1 is 1.53 bits per heavy atom. The van der Waals surface area contributed by atoms with Gasteiger partial charge in [-0.2, -0.15) is 0 Å². The molecule has 2 unspecified atom stereocenters. The van der Waals surface area contributed by atoms with Gasteiger partial charge in [-0.3, -0.25) is 9.69 Å². The second-order valence-corrected chi connectivity index (χ2v) is 6.30. The van der Waals surface area contributed by atoms with Crippen LogP contribution in [0.15, 0.2) is 22.7 Å². The molecule has 1 fully saturated rings. The highest BCUT2D eigenvalue weighted by Crippen LogP contribution is 2.37. The van der Waals surface area contributed by atoms with Crippen LogP contribution in [0.25, 0.3) is 0 Å². The SMILES string of the molecule is COc1ccc(C(=O)CN(C)CC2CC2C)cc1Br. The molecule has 1 aromatic carbocycles. The zero-order chi connectivity index (χ0) is 14.0. The van der Waals surface area contributed by atoms with Gasteiger partial charge in [0.25, 0.3) is 0 Å². The lowest BCUT2D eigenvalue weighted by molar-refractivity contribution is 0.0943. The van der Waals surface area contributed by atoms with Crippen molar-refractivity contribution in [1.82, 2.24) is 4.90 Å². The third-order valence-corrected chi connectivity index (χ3v) is 4.33. The zero-order valence-electron chi connectivity index (χ0n) is 11.6. The monoisotopic (exact) mass is 325 g/mol. The molecule has 19 heavy (non-hydrogen) atoms. The third kappa shape index (κ3) is 3.80. The highest BCUT2D eigenvalue weighted by Gasteiger charge is 2.33. The first-order valence-corrected chi connectivity index (χ1v) is 7.36. The number of methoxy groups -OCH3 is 1. The standard InChI is InChI=1S/C15H20BrNO2/c1-10-6-12(10)8-17(2)9-14(18)11-4-5-15(19-3)13(16)7-11/h4-5,7,10,12H,6,8-9H2,1-3H3. The summed E-state index contributed by atoms with van der Waals surface area (Å²) >= 11 is 3.41. The number of nitrogens with zero attached hydrogens (tertiary/aromatic N) is 1. The molecule has 0 bridgehead atoms. The lowest BCUT2D eigenvalue weighted by Crippen LogP contribution is -2.28. The minimum Gasteiger partial charge on any atom is -0.496 e. The van der Waals surface area contributed by atoms with Gasteiger partial charge in [-0.05, 0) is 59.4 Å². The van der Waals surface area contributed by atoms with E-state index in [1.165, 1.54) is 6.42 Å². The van der Waals surface area contributed by atoms with Gasteiger partial charge in [0.1, 0.15) is 5.75 Å². The number of likely N-dealkylation sites (N-methyl/N-ethyl adjacent to an activating group) is 1. The molecule has 1 aliphatic carbocycles. The van der Waals surface area contributed by atoms with Crippen molar-refractivity contribution >= 4 is 21.7 Å². The third-order valence-electron chi connectivity index (χ3n) is 3.71. The second kappa shape index (κ2) is 6.06. The van der Waals surface area contributed by atoms with Crippen molar-refractivity contribution in [2.45, 2.75) is 13.3 Å². The van der Waals surface area contributed by atoms with Crippen LogP contribution in [0.5, 0.6) is 5.75 Å². The summed E-state index contributed by atoms with van der Waals surface area (Å²) in [5.41, 5.74) is 0.725. The van der Waals surface area contributed by atoms with E-state index in [2.05, 4.69) is 27.8 Å². The van der Waals surface area contributed by atoms with Gasteiger partial charge in [0.05, 0.1) is 18.1 Å². The molecule has 0 radical (unpaired) electrons. The molecule has 0 N–H and O–H groups in total. The number of ether oxygens (including phenoxy) is 1. The van der Waals surface area contributed by atoms with E-state index < -0.39 is 0 Å². The van der Waals surface area contributed by atoms with Crippen molar-refractivity contribution in [2.24, 2.45) is 11.8 Å². The summed E-state index contributed by atoms with van der Waals surface area (Å²) < 4.78 is 5.98. The predicted molar refractivity (Wildman–Crippen MR) is 79.8 cm³/mol. The van der Waals surface area contributed by atoms with Crippen molar-refractivity contribution in [3.63, 3.8) is 0 Å². The number of carbonyl (C=O) groups excluding carboxylic acids is 1. The Morgan fingerprint density at radius 3 is 2.74 bits per heavy atom. The molecular formula is C15H20BrNO2. The molecule has 3 nitrogen and oxygen atoms in total. The molecule has 1 aromatic rings. The van der Waals surface area contributed by atoms with Crippen LogP contribution in [0.3, 0.4) is 0 Å². The number of halogens is 1. The largest absolute Gasteiger partial charge is 0.496 e. The van der Waals surface area contributed by atoms with Crippen molar-refractivity contribution in [3.8, 4) is 5.75 Å². The molecule has 104 valence electrons. The summed E-state index contributed by atoms with van der Waals surface area (Å²) in [6, 6.07) is 5.47. The van der Waals surface area contributed by atoms with Crippen molar-refractivity contribution in [2.75, 3.05) is 27.2 Å². The Kier molecular flexibility index (Phi) is 4.63. The fourth-order valence-electron chi connectivity index (χ4n) is 2.29. The smallest absolute Gasteiger partial charge is 0.176 e. The number of rotatable bonds is 6. The average molecular weight is 326 g/mol. The van der Waals surface area contributed by atoms with Gasteiger partial charge in [-0.25, -0.2) is 0 Å². The minimum atomic E-state index is 0.152. The first-order chi connectivity index (χ1) is 9.01. The van der Waals surface area contributed by atoms with E-state index in [1.807, 2.05) is 25.2 Å². The average Bonchev–Trinajstić information content (AvgIpc) is 3.04. The van der Waals surface area contributed by atoms with Crippen molar-refractivity contribution in [3.05, 3.63) is 28.2 Å². The van der Waals surface area contributed by atoms with Crippen molar-refractivity contribution in [1.29, 1.82) is 0 Å². The first kappa shape index (κ1) is 14.5. The summed E-state index contributed by atoms with van der Waals surface area (Å²) in [7, 11) is 3.63. The second-order valence-electron chi connectivity index (χ2n) is 5.44. The van der Waals surface area contributed by atoms with E-state index in [1.54, 1.807) is 7.11 Å². The lowest BCUT2D eigenvalue weighted by atomic mass is 10.1. The maximum Gasteiger partial charge on any atom is 0.176 e. The Morgan fingerprint density at radius 2 is 2.21 bits per heavy atom. The zero-order valence-corrected chi connectivity index (χ0v) is 13.2. The Hall–Kier alpha value is -0.870. The van der Waals surface area contributed by atoms with Crippen LogP contribution >= 0.6 is 15.9 Å². The fraction of sp³-hybridized carbons (Fsp3) is 0.533. The number of carbonyl (C=O) groups is 1. The Labute approximate surface area is 123 Å². The quantitative estimate of drug-likeness (QED) is 0.752. The van der Waals surface area contributed by atoms with Crippen LogP contribution < -0.4 is 4.74 Å². The maximum absolute atomic E-state index is 12.2. The van der Waals surface area contributed by atoms with E-state index >= 15 is 0 Å². The van der Waals surface area contributed by atoms with Crippen LogP contribution in [-0.2, 0) is 0 Å². The summed E-state index contributed by atoms with van der Waals surface area (Å²) in [5, 5.41) is 0. The van der Waals surface area contributed by atoms with E-state index in [-0.39, 0.29) is 5.78 Å². The van der Waals surface area contributed by atoms with Gasteiger partial charge in [-0.1, -0.05) is 6.92 Å². The number of benzene rings is 1. The predicted octanol–water partition coefficient (Wildman–Crippen LogP) is 3.23. The van der Waals surface area contributed by atoms with E-state index in [9.17, 15) is 4.79 Å². The minimum absolute atomic E-state index is 0.152. The lowest BCUT2D eigenvalue weighted by Gasteiger charge is -2.15. The van der Waals surface area contributed by atoms with Crippen LogP contribution in [-0.4, -0.2) is 37.9 Å². The topological polar surface area (TPSA) is 29.5 Å². The van der Waals surface area contributed by atoms with Gasteiger partial charge in [0, 0.05) is 12.1 Å². The molecule has 4 heteroatoms. The molecule has 0 saturated heterocycles. The van der Waals surface area contributed by atoms with Gasteiger partial charge < -0.3 is 4.74 Å². The molecule has 2 atom stereocenters. The maximum atomic E-state index is 12.2. The fourth-order valence-corrected chi connectivity index (χ4v) is 2.84. The molecule has 1 aliphatic rings. The van der Waals surface area contributed by atoms with Crippen LogP contribution in [0, 0.1) is 11.8 Å². The number of hydrogen-bond donors (Lipinski definition) is 0. The molecule has 2 rings (SSSR count). The number of hydrogen-bond acceptors (Lipinski definition) is 3. The summed E-state index contributed by atoms with van der Waals surface area (Å²) in [4.78, 5) is 14.3. The Bertz CT molecular complexity index is 475. The molecule has 0 spiro atoms. The summed E-state index contributed by atoms with van der Waals surface area (Å²) in [6.07, 6.45) is 1.30. The number of Topliss-reactive ketones (excluding diaryl/α,β-unsaturated/α-hetero) is 1. The van der Waals surface area contributed by atoms with Crippen LogP contribution in [0.2, 0.25) is 0 Å². The Balaban J connectivity index is 1.93.